The molecule has 2 heterocycles. The Kier molecular flexibility index (Phi) is 9.98. The van der Waals surface area contributed by atoms with Crippen molar-refractivity contribution in [3.8, 4) is 0 Å². The summed E-state index contributed by atoms with van der Waals surface area (Å²) in [6.07, 6.45) is 23.9. The van der Waals surface area contributed by atoms with E-state index in [-0.39, 0.29) is 0 Å². The van der Waals surface area contributed by atoms with Gasteiger partial charge in [-0.05, 0) is 64.7 Å². The fraction of sp³-hybridized carbons (Fsp3) is 0.905. The first-order valence-electron chi connectivity index (χ1n) is 10.6. The Labute approximate surface area is 145 Å². The second-order valence-electron chi connectivity index (χ2n) is 7.59. The predicted molar refractivity (Wildman–Crippen MR) is 102 cm³/mol. The first kappa shape index (κ1) is 19.0. The molecule has 0 amide bonds. The zero-order chi connectivity index (χ0) is 16.2. The second-order valence-corrected chi connectivity index (χ2v) is 7.59. The molecule has 23 heavy (non-hydrogen) atoms. The summed E-state index contributed by atoms with van der Waals surface area (Å²) in [5.41, 5.74) is 0. The van der Waals surface area contributed by atoms with Gasteiger partial charge < -0.3 is 0 Å². The van der Waals surface area contributed by atoms with Gasteiger partial charge in [0.1, 0.15) is 0 Å². The minimum absolute atomic E-state index is 0.606. The van der Waals surface area contributed by atoms with E-state index in [1.165, 1.54) is 110 Å². The molecule has 2 fully saturated rings. The number of unbranched alkanes of at least 4 members (excludes halogenated alkanes) is 8. The minimum Gasteiger partial charge on any atom is -0.285 e. The summed E-state index contributed by atoms with van der Waals surface area (Å²) >= 11 is 0. The van der Waals surface area contributed by atoms with Crippen LogP contribution in [0.3, 0.4) is 0 Å². The fourth-order valence-corrected chi connectivity index (χ4v) is 4.10. The normalized spacial score (nSPS) is 20.4. The molecule has 2 aliphatic rings. The Hall–Kier alpha value is -0.340. The van der Waals surface area contributed by atoms with E-state index in [4.69, 9.17) is 0 Å². The predicted octanol–water partition coefficient (Wildman–Crippen LogP) is 5.59. The molecule has 0 bridgehead atoms. The number of nitrogens with zero attached hydrogens (tertiary/aromatic N) is 2. The summed E-state index contributed by atoms with van der Waals surface area (Å²) in [4.78, 5) is 5.41. The van der Waals surface area contributed by atoms with E-state index in [9.17, 15) is 0 Å². The summed E-state index contributed by atoms with van der Waals surface area (Å²) in [7, 11) is 0. The Bertz CT molecular complexity index is 285. The number of rotatable bonds is 12. The maximum absolute atomic E-state index is 2.70. The molecule has 2 rings (SSSR count). The lowest BCUT2D eigenvalue weighted by Crippen LogP contribution is -2.44. The Morgan fingerprint density at radius 3 is 1.70 bits per heavy atom. The van der Waals surface area contributed by atoms with Gasteiger partial charge in [0.2, 0.25) is 0 Å². The summed E-state index contributed by atoms with van der Waals surface area (Å²) in [6, 6.07) is 0. The maximum Gasteiger partial charge on any atom is 0.0814 e. The van der Waals surface area contributed by atoms with Crippen molar-refractivity contribution in [3.63, 3.8) is 0 Å². The highest BCUT2D eigenvalue weighted by Crippen LogP contribution is 2.20. The van der Waals surface area contributed by atoms with Gasteiger partial charge in [-0.15, -0.1) is 0 Å². The van der Waals surface area contributed by atoms with Crippen LogP contribution >= 0.6 is 0 Å². The smallest absolute Gasteiger partial charge is 0.0814 e. The van der Waals surface area contributed by atoms with E-state index in [0.717, 1.165) is 0 Å². The van der Waals surface area contributed by atoms with Crippen LogP contribution in [0.15, 0.2) is 12.2 Å². The molecule has 0 N–H and O–H groups in total. The molecule has 2 aliphatic heterocycles. The fourth-order valence-electron chi connectivity index (χ4n) is 4.10. The average Bonchev–Trinajstić information content (AvgIpc) is 3.26. The molecule has 2 nitrogen and oxygen atoms in total. The van der Waals surface area contributed by atoms with Crippen molar-refractivity contribution >= 4 is 0 Å². The Balaban J connectivity index is 1.57. The van der Waals surface area contributed by atoms with Gasteiger partial charge in [0, 0.05) is 0 Å². The van der Waals surface area contributed by atoms with Crippen LogP contribution < -0.4 is 0 Å². The summed E-state index contributed by atoms with van der Waals surface area (Å²) in [6.45, 7) is 7.53. The lowest BCUT2D eigenvalue weighted by Gasteiger charge is -2.33. The summed E-state index contributed by atoms with van der Waals surface area (Å²) < 4.78 is 0. The van der Waals surface area contributed by atoms with Crippen LogP contribution in [0.5, 0.6) is 0 Å². The Morgan fingerprint density at radius 1 is 0.696 bits per heavy atom. The van der Waals surface area contributed by atoms with Crippen molar-refractivity contribution in [2.24, 2.45) is 0 Å². The van der Waals surface area contributed by atoms with Crippen LogP contribution in [0.4, 0.5) is 0 Å². The zero-order valence-corrected chi connectivity index (χ0v) is 15.6. The first-order chi connectivity index (χ1) is 11.4. The van der Waals surface area contributed by atoms with Gasteiger partial charge in [0.25, 0.3) is 0 Å². The van der Waals surface area contributed by atoms with E-state index in [1.54, 1.807) is 0 Å². The molecule has 0 aromatic heterocycles. The molecule has 0 atom stereocenters. The minimum atomic E-state index is 0.606. The van der Waals surface area contributed by atoms with Crippen LogP contribution in [0, 0.1) is 0 Å². The maximum atomic E-state index is 2.70. The molecule has 0 aromatic carbocycles. The van der Waals surface area contributed by atoms with Crippen molar-refractivity contribution in [2.75, 3.05) is 26.2 Å². The van der Waals surface area contributed by atoms with Gasteiger partial charge in [-0.2, -0.15) is 0 Å². The highest BCUT2D eigenvalue weighted by atomic mass is 15.4. The van der Waals surface area contributed by atoms with E-state index in [1.807, 2.05) is 0 Å². The highest BCUT2D eigenvalue weighted by Gasteiger charge is 2.26. The summed E-state index contributed by atoms with van der Waals surface area (Å²) in [5.74, 6) is 0. The van der Waals surface area contributed by atoms with Gasteiger partial charge in [0.05, 0.1) is 6.17 Å². The van der Waals surface area contributed by atoms with Crippen molar-refractivity contribution in [3.05, 3.63) is 12.2 Å². The van der Waals surface area contributed by atoms with Gasteiger partial charge in [-0.25, -0.2) is 0 Å². The topological polar surface area (TPSA) is 6.48 Å². The molecular weight excluding hydrogens is 280 g/mol. The van der Waals surface area contributed by atoms with Gasteiger partial charge in [-0.3, -0.25) is 9.80 Å². The molecule has 0 radical (unpaired) electrons. The molecule has 0 aliphatic carbocycles. The third kappa shape index (κ3) is 7.39. The molecule has 2 saturated heterocycles. The largest absolute Gasteiger partial charge is 0.285 e. The standard InChI is InChI=1S/C21H40N2/c1-2-3-4-5-6-7-8-9-10-11-16-21(22-17-12-13-18-22)23-19-14-15-20-23/h11,16,21H,2-10,12-15,17-20H2,1H3. The molecule has 134 valence electrons. The van der Waals surface area contributed by atoms with Crippen LogP contribution in [-0.4, -0.2) is 42.1 Å². The number of likely N-dealkylation sites (tertiary alicyclic amines) is 2. The molecular formula is C21H40N2. The lowest BCUT2D eigenvalue weighted by atomic mass is 10.1. The SMILES string of the molecule is CCCCCCCCCCC=CC(N1CCCC1)N1CCCC1. The number of allylic oxidation sites excluding steroid dienone is 1. The van der Waals surface area contributed by atoms with Crippen LogP contribution in [0.25, 0.3) is 0 Å². The van der Waals surface area contributed by atoms with Crippen molar-refractivity contribution < 1.29 is 0 Å². The number of hydrogen-bond acceptors (Lipinski definition) is 2. The molecule has 0 unspecified atom stereocenters. The van der Waals surface area contributed by atoms with Gasteiger partial charge in [-0.1, -0.05) is 64.0 Å². The second kappa shape index (κ2) is 12.1. The Morgan fingerprint density at radius 2 is 1.17 bits per heavy atom. The summed E-state index contributed by atoms with van der Waals surface area (Å²) in [5, 5.41) is 0. The van der Waals surface area contributed by atoms with E-state index < -0.39 is 0 Å². The van der Waals surface area contributed by atoms with E-state index in [2.05, 4.69) is 28.9 Å². The third-order valence-corrected chi connectivity index (χ3v) is 5.56. The van der Waals surface area contributed by atoms with Crippen LogP contribution in [0.2, 0.25) is 0 Å². The molecule has 0 aromatic rings. The number of hydrogen-bond donors (Lipinski definition) is 0. The molecule has 2 heteroatoms. The van der Waals surface area contributed by atoms with Gasteiger partial charge in [0.15, 0.2) is 0 Å². The first-order valence-corrected chi connectivity index (χ1v) is 10.6. The van der Waals surface area contributed by atoms with Crippen molar-refractivity contribution in [1.29, 1.82) is 0 Å². The monoisotopic (exact) mass is 320 g/mol. The lowest BCUT2D eigenvalue weighted by molar-refractivity contribution is 0.118. The van der Waals surface area contributed by atoms with Crippen molar-refractivity contribution in [2.45, 2.75) is 96.6 Å². The van der Waals surface area contributed by atoms with Crippen molar-refractivity contribution in [1.82, 2.24) is 9.80 Å². The molecule has 0 spiro atoms. The van der Waals surface area contributed by atoms with E-state index >= 15 is 0 Å². The highest BCUT2D eigenvalue weighted by molar-refractivity contribution is 4.96. The quantitative estimate of drug-likeness (QED) is 0.341. The van der Waals surface area contributed by atoms with Gasteiger partial charge >= 0.3 is 0 Å². The van der Waals surface area contributed by atoms with Crippen LogP contribution in [0.1, 0.15) is 90.4 Å². The average molecular weight is 321 g/mol. The third-order valence-electron chi connectivity index (χ3n) is 5.56. The van der Waals surface area contributed by atoms with E-state index in [0.29, 0.717) is 6.17 Å². The van der Waals surface area contributed by atoms with Crippen LogP contribution in [-0.2, 0) is 0 Å². The molecule has 0 saturated carbocycles. The zero-order valence-electron chi connectivity index (χ0n) is 15.6.